The van der Waals surface area contributed by atoms with Gasteiger partial charge in [0.05, 0.1) is 12.7 Å². The van der Waals surface area contributed by atoms with E-state index in [4.69, 9.17) is 0 Å². The van der Waals surface area contributed by atoms with Gasteiger partial charge in [-0.15, -0.1) is 24.0 Å². The summed E-state index contributed by atoms with van der Waals surface area (Å²) in [5, 5.41) is 21.3. The summed E-state index contributed by atoms with van der Waals surface area (Å²) >= 11 is 0. The van der Waals surface area contributed by atoms with Crippen molar-refractivity contribution >= 4 is 29.9 Å². The van der Waals surface area contributed by atoms with Crippen LogP contribution < -0.4 is 10.6 Å². The molecule has 1 aliphatic rings. The number of aliphatic imine (C=N–C) groups is 1. The lowest BCUT2D eigenvalue weighted by Crippen LogP contribution is -2.39. The van der Waals surface area contributed by atoms with Gasteiger partial charge in [0.1, 0.15) is 5.60 Å². The Morgan fingerprint density at radius 2 is 2.20 bits per heavy atom. The van der Waals surface area contributed by atoms with Gasteiger partial charge in [0, 0.05) is 31.9 Å². The molecule has 0 aliphatic heterocycles. The number of hydrogen-bond donors (Lipinski definition) is 3. The highest BCUT2D eigenvalue weighted by atomic mass is 127. The molecule has 6 nitrogen and oxygen atoms in total. The van der Waals surface area contributed by atoms with E-state index in [1.165, 1.54) is 25.7 Å². The number of aromatic nitrogens is 2. The van der Waals surface area contributed by atoms with Crippen molar-refractivity contribution in [1.29, 1.82) is 0 Å². The van der Waals surface area contributed by atoms with E-state index in [-0.39, 0.29) is 30.5 Å². The number of aliphatic hydroxyl groups is 1. The second-order valence-electron chi connectivity index (χ2n) is 6.66. The number of guanidine groups is 1. The van der Waals surface area contributed by atoms with Crippen LogP contribution in [0, 0.1) is 0 Å². The van der Waals surface area contributed by atoms with Gasteiger partial charge < -0.3 is 15.7 Å². The van der Waals surface area contributed by atoms with Crippen LogP contribution in [0.4, 0.5) is 0 Å². The van der Waals surface area contributed by atoms with Crippen LogP contribution in [0.2, 0.25) is 0 Å². The van der Waals surface area contributed by atoms with Crippen molar-refractivity contribution in [3.63, 3.8) is 0 Å². The van der Waals surface area contributed by atoms with Crippen LogP contribution in [-0.4, -0.2) is 40.5 Å². The van der Waals surface area contributed by atoms with Crippen molar-refractivity contribution in [2.45, 2.75) is 51.6 Å². The van der Waals surface area contributed by atoms with E-state index in [9.17, 15) is 5.11 Å². The Balaban J connectivity index is 0.00000312. The van der Waals surface area contributed by atoms with E-state index in [1.54, 1.807) is 23.4 Å². The molecule has 7 heteroatoms. The topological polar surface area (TPSA) is 74.5 Å². The van der Waals surface area contributed by atoms with Gasteiger partial charge in [-0.3, -0.25) is 4.68 Å². The van der Waals surface area contributed by atoms with Crippen LogP contribution in [0.15, 0.2) is 29.0 Å². The summed E-state index contributed by atoms with van der Waals surface area (Å²) in [6, 6.07) is 0. The van der Waals surface area contributed by atoms with Gasteiger partial charge >= 0.3 is 0 Å². The number of allylic oxidation sites excluding steroid dienone is 1. The van der Waals surface area contributed by atoms with E-state index in [0.29, 0.717) is 0 Å². The smallest absolute Gasteiger partial charge is 0.191 e. The average molecular weight is 461 g/mol. The molecule has 0 fully saturated rings. The van der Waals surface area contributed by atoms with E-state index in [0.717, 1.165) is 31.0 Å². The van der Waals surface area contributed by atoms with E-state index >= 15 is 0 Å². The highest BCUT2D eigenvalue weighted by molar-refractivity contribution is 14.0. The lowest BCUT2D eigenvalue weighted by atomic mass is 9.97. The largest absolute Gasteiger partial charge is 0.383 e. The molecule has 1 aromatic heterocycles. The molecule has 1 heterocycles. The van der Waals surface area contributed by atoms with Crippen LogP contribution in [0.3, 0.4) is 0 Å². The maximum absolute atomic E-state index is 10.6. The molecule has 2 rings (SSSR count). The predicted octanol–water partition coefficient (Wildman–Crippen LogP) is 2.69. The molecule has 0 bridgehead atoms. The molecule has 25 heavy (non-hydrogen) atoms. The summed E-state index contributed by atoms with van der Waals surface area (Å²) in [6.07, 6.45) is 12.0. The van der Waals surface area contributed by atoms with Gasteiger partial charge in [-0.25, -0.2) is 4.99 Å². The van der Waals surface area contributed by atoms with Crippen molar-refractivity contribution < 1.29 is 5.11 Å². The Morgan fingerprint density at radius 3 is 2.80 bits per heavy atom. The normalized spacial score (nSPS) is 17.3. The Kier molecular flexibility index (Phi) is 9.48. The first kappa shape index (κ1) is 22.0. The average Bonchev–Trinajstić information content (AvgIpc) is 3.01. The molecule has 0 spiro atoms. The number of rotatable bonds is 7. The monoisotopic (exact) mass is 461 g/mol. The second kappa shape index (κ2) is 10.8. The zero-order chi connectivity index (χ0) is 17.4. The number of hydrogen-bond acceptors (Lipinski definition) is 3. The third-order valence-corrected chi connectivity index (χ3v) is 4.34. The second-order valence-corrected chi connectivity index (χ2v) is 6.66. The first-order valence-electron chi connectivity index (χ1n) is 8.93. The summed E-state index contributed by atoms with van der Waals surface area (Å²) < 4.78 is 1.69. The van der Waals surface area contributed by atoms with Crippen molar-refractivity contribution in [3.8, 4) is 0 Å². The molecule has 0 saturated carbocycles. The first-order chi connectivity index (χ1) is 11.5. The Bertz CT molecular complexity index is 580. The van der Waals surface area contributed by atoms with Crippen molar-refractivity contribution in [2.75, 3.05) is 19.6 Å². The number of nitrogens with zero attached hydrogens (tertiary/aromatic N) is 3. The van der Waals surface area contributed by atoms with Gasteiger partial charge in [0.2, 0.25) is 0 Å². The predicted molar refractivity (Wildman–Crippen MR) is 113 cm³/mol. The fraction of sp³-hybridized carbons (Fsp3) is 0.667. The fourth-order valence-electron chi connectivity index (χ4n) is 2.84. The van der Waals surface area contributed by atoms with Crippen molar-refractivity contribution in [3.05, 3.63) is 29.6 Å². The maximum Gasteiger partial charge on any atom is 0.191 e. The molecule has 3 N–H and O–H groups in total. The molecule has 0 amide bonds. The molecular formula is C18H32IN5O. The molecule has 0 aromatic carbocycles. The fourth-order valence-corrected chi connectivity index (χ4v) is 2.84. The summed E-state index contributed by atoms with van der Waals surface area (Å²) in [6.45, 7) is 5.76. The quantitative estimate of drug-likeness (QED) is 0.253. The number of aryl methyl sites for hydroxylation is 1. The highest BCUT2D eigenvalue weighted by Crippen LogP contribution is 2.20. The molecule has 1 aliphatic carbocycles. The maximum atomic E-state index is 10.6. The lowest BCUT2D eigenvalue weighted by Gasteiger charge is -2.21. The summed E-state index contributed by atoms with van der Waals surface area (Å²) in [5.41, 5.74) is 1.30. The van der Waals surface area contributed by atoms with Crippen molar-refractivity contribution in [1.82, 2.24) is 20.4 Å². The van der Waals surface area contributed by atoms with Crippen LogP contribution in [0.1, 0.15) is 51.5 Å². The van der Waals surface area contributed by atoms with Crippen molar-refractivity contribution in [2.24, 2.45) is 12.0 Å². The van der Waals surface area contributed by atoms with E-state index < -0.39 is 5.60 Å². The molecular weight excluding hydrogens is 429 g/mol. The van der Waals surface area contributed by atoms with E-state index in [2.05, 4.69) is 26.8 Å². The van der Waals surface area contributed by atoms with Crippen LogP contribution in [0.5, 0.6) is 0 Å². The Labute approximate surface area is 168 Å². The zero-order valence-electron chi connectivity index (χ0n) is 15.6. The molecule has 1 unspecified atom stereocenters. The Hall–Kier alpha value is -1.09. The SMILES string of the molecule is CCNC(=NCC(C)(O)c1cnn(C)c1)NCCC1=CCCCC1.I. The summed E-state index contributed by atoms with van der Waals surface area (Å²) in [7, 11) is 1.84. The number of halogens is 1. The number of nitrogens with one attached hydrogen (secondary N) is 2. The van der Waals surface area contributed by atoms with Gasteiger partial charge in [0.15, 0.2) is 5.96 Å². The minimum atomic E-state index is -1.03. The zero-order valence-corrected chi connectivity index (χ0v) is 17.9. The lowest BCUT2D eigenvalue weighted by molar-refractivity contribution is 0.0672. The van der Waals surface area contributed by atoms with Crippen LogP contribution in [0.25, 0.3) is 0 Å². The van der Waals surface area contributed by atoms with Gasteiger partial charge in [0.25, 0.3) is 0 Å². The first-order valence-corrected chi connectivity index (χ1v) is 8.93. The van der Waals surface area contributed by atoms with Crippen LogP contribution in [-0.2, 0) is 12.6 Å². The molecule has 1 aromatic rings. The van der Waals surface area contributed by atoms with Gasteiger partial charge in [-0.1, -0.05) is 11.6 Å². The minimum absolute atomic E-state index is 0. The van der Waals surface area contributed by atoms with Gasteiger partial charge in [-0.05, 0) is 46.0 Å². The highest BCUT2D eigenvalue weighted by Gasteiger charge is 2.24. The van der Waals surface area contributed by atoms with Crippen LogP contribution >= 0.6 is 24.0 Å². The molecule has 0 saturated heterocycles. The van der Waals surface area contributed by atoms with Gasteiger partial charge in [-0.2, -0.15) is 5.10 Å². The molecule has 142 valence electrons. The minimum Gasteiger partial charge on any atom is -0.383 e. The summed E-state index contributed by atoms with van der Waals surface area (Å²) in [4.78, 5) is 4.54. The third kappa shape index (κ3) is 7.35. The van der Waals surface area contributed by atoms with E-state index in [1.807, 2.05) is 20.2 Å². The molecule has 0 radical (unpaired) electrons. The molecule has 1 atom stereocenters. The standard InChI is InChI=1S/C18H31N5O.HI/c1-4-19-17(20-11-10-15-8-6-5-7-9-15)21-14-18(2,24)16-12-22-23(3)13-16;/h8,12-13,24H,4-7,9-11,14H2,1-3H3,(H2,19,20,21);1H. The Morgan fingerprint density at radius 1 is 1.40 bits per heavy atom. The summed E-state index contributed by atoms with van der Waals surface area (Å²) in [5.74, 6) is 0.748. The third-order valence-electron chi connectivity index (χ3n) is 4.34.